The van der Waals surface area contributed by atoms with Crippen LogP contribution in [0.3, 0.4) is 0 Å². The lowest BCUT2D eigenvalue weighted by Gasteiger charge is -2.06. The van der Waals surface area contributed by atoms with Crippen LogP contribution in [0, 0.1) is 0 Å². The molecule has 2 nitrogen and oxygen atoms in total. The summed E-state index contributed by atoms with van der Waals surface area (Å²) in [5.74, 6) is 0.0241. The van der Waals surface area contributed by atoms with E-state index >= 15 is 0 Å². The van der Waals surface area contributed by atoms with E-state index in [1.54, 1.807) is 0 Å². The molecule has 0 aromatic heterocycles. The second-order valence-electron chi connectivity index (χ2n) is 10.1. The maximum absolute atomic E-state index is 11.8. The quantitative estimate of drug-likeness (QED) is 0.0914. The summed E-state index contributed by atoms with van der Waals surface area (Å²) in [5.41, 5.74) is 0. The fourth-order valence-electron chi connectivity index (χ4n) is 4.49. The first-order chi connectivity index (χ1) is 15.8. The molecule has 0 fully saturated rings. The van der Waals surface area contributed by atoms with Crippen molar-refractivity contribution in [3.05, 3.63) is 0 Å². The van der Waals surface area contributed by atoms with Crippen LogP contribution < -0.4 is 0 Å². The third-order valence-corrected chi connectivity index (χ3v) is 6.75. The summed E-state index contributed by atoms with van der Waals surface area (Å²) in [6.07, 6.45) is 34.2. The number of hydrogen-bond donors (Lipinski definition) is 0. The number of unbranched alkanes of at least 4 members (excludes halogenated alkanes) is 23. The molecule has 0 heterocycles. The molecule has 0 bridgehead atoms. The molecule has 0 saturated carbocycles. The lowest BCUT2D eigenvalue weighted by Crippen LogP contribution is -2.05. The number of carbonyl (C=O) groups excluding carboxylic acids is 1. The van der Waals surface area contributed by atoms with Gasteiger partial charge < -0.3 is 4.74 Å². The van der Waals surface area contributed by atoms with E-state index in [1.807, 2.05) is 0 Å². The van der Waals surface area contributed by atoms with Crippen LogP contribution in [0.4, 0.5) is 0 Å². The molecule has 0 aliphatic carbocycles. The smallest absolute Gasteiger partial charge is 0.305 e. The van der Waals surface area contributed by atoms with E-state index in [9.17, 15) is 4.79 Å². The normalized spacial score (nSPS) is 11.2. The topological polar surface area (TPSA) is 26.3 Å². The highest BCUT2D eigenvalue weighted by atomic mass is 16.5. The highest BCUT2D eigenvalue weighted by molar-refractivity contribution is 5.69. The summed E-state index contributed by atoms with van der Waals surface area (Å²) in [6.45, 7) is 5.19. The first kappa shape index (κ1) is 31.5. The van der Waals surface area contributed by atoms with Crippen molar-refractivity contribution >= 4 is 5.97 Å². The van der Waals surface area contributed by atoms with Crippen LogP contribution in [-0.2, 0) is 9.53 Å². The van der Waals surface area contributed by atoms with E-state index in [1.165, 1.54) is 148 Å². The lowest BCUT2D eigenvalue weighted by atomic mass is 10.0. The van der Waals surface area contributed by atoms with Gasteiger partial charge in [-0.25, -0.2) is 0 Å². The van der Waals surface area contributed by atoms with E-state index in [2.05, 4.69) is 13.8 Å². The van der Waals surface area contributed by atoms with E-state index in [0.29, 0.717) is 13.0 Å². The molecular formula is C30H60O2. The van der Waals surface area contributed by atoms with Gasteiger partial charge in [-0.15, -0.1) is 0 Å². The molecular weight excluding hydrogens is 392 g/mol. The molecule has 0 aromatic carbocycles. The molecule has 32 heavy (non-hydrogen) atoms. The van der Waals surface area contributed by atoms with Gasteiger partial charge in [0.05, 0.1) is 6.61 Å². The number of rotatable bonds is 27. The summed E-state index contributed by atoms with van der Waals surface area (Å²) < 4.78 is 5.40. The van der Waals surface area contributed by atoms with Crippen molar-refractivity contribution < 1.29 is 9.53 Å². The minimum Gasteiger partial charge on any atom is -0.466 e. The second kappa shape index (κ2) is 28.5. The van der Waals surface area contributed by atoms with Gasteiger partial charge >= 0.3 is 5.97 Å². The standard InChI is InChI=1S/C30H60O2/c1-3-5-7-9-11-13-15-16-17-18-20-22-24-26-28-30(31)32-29-27-25-23-21-19-14-12-10-8-6-4-2/h3-29H2,1-2H3. The van der Waals surface area contributed by atoms with Gasteiger partial charge in [-0.3, -0.25) is 4.79 Å². The number of carbonyl (C=O) groups is 1. The van der Waals surface area contributed by atoms with Crippen molar-refractivity contribution in [2.24, 2.45) is 0 Å². The zero-order chi connectivity index (χ0) is 23.4. The van der Waals surface area contributed by atoms with Crippen LogP contribution >= 0.6 is 0 Å². The Bertz CT molecular complexity index is 353. The van der Waals surface area contributed by atoms with E-state index in [-0.39, 0.29) is 5.97 Å². The van der Waals surface area contributed by atoms with E-state index < -0.39 is 0 Å². The van der Waals surface area contributed by atoms with Gasteiger partial charge in [0.15, 0.2) is 0 Å². The third-order valence-electron chi connectivity index (χ3n) is 6.75. The molecule has 0 saturated heterocycles. The maximum Gasteiger partial charge on any atom is 0.305 e. The number of ether oxygens (including phenoxy) is 1. The Morgan fingerprint density at radius 2 is 0.688 bits per heavy atom. The van der Waals surface area contributed by atoms with Crippen molar-refractivity contribution in [3.8, 4) is 0 Å². The van der Waals surface area contributed by atoms with Crippen molar-refractivity contribution in [2.45, 2.75) is 181 Å². The molecule has 0 aliphatic rings. The second-order valence-corrected chi connectivity index (χ2v) is 10.1. The fourth-order valence-corrected chi connectivity index (χ4v) is 4.49. The molecule has 192 valence electrons. The fraction of sp³-hybridized carbons (Fsp3) is 0.967. The van der Waals surface area contributed by atoms with Crippen LogP contribution in [0.15, 0.2) is 0 Å². The SMILES string of the molecule is CCCCCCCCCCCCCCCCC(=O)OCCCCCCCCCCCCC. The highest BCUT2D eigenvalue weighted by Gasteiger charge is 2.02. The average Bonchev–Trinajstić information content (AvgIpc) is 2.80. The predicted octanol–water partition coefficient (Wildman–Crippen LogP) is 10.7. The van der Waals surface area contributed by atoms with Crippen molar-refractivity contribution in [1.29, 1.82) is 0 Å². The molecule has 0 aromatic rings. The van der Waals surface area contributed by atoms with Gasteiger partial charge in [0.2, 0.25) is 0 Å². The molecule has 0 radical (unpaired) electrons. The molecule has 0 amide bonds. The number of hydrogen-bond acceptors (Lipinski definition) is 2. The largest absolute Gasteiger partial charge is 0.466 e. The van der Waals surface area contributed by atoms with E-state index in [4.69, 9.17) is 4.74 Å². The van der Waals surface area contributed by atoms with Gasteiger partial charge in [0, 0.05) is 6.42 Å². The van der Waals surface area contributed by atoms with Crippen LogP contribution in [0.5, 0.6) is 0 Å². The van der Waals surface area contributed by atoms with Crippen molar-refractivity contribution in [1.82, 2.24) is 0 Å². The minimum absolute atomic E-state index is 0.0241. The van der Waals surface area contributed by atoms with Gasteiger partial charge in [0.25, 0.3) is 0 Å². The van der Waals surface area contributed by atoms with Crippen LogP contribution in [0.2, 0.25) is 0 Å². The Labute approximate surface area is 203 Å². The first-order valence-electron chi connectivity index (χ1n) is 15.0. The highest BCUT2D eigenvalue weighted by Crippen LogP contribution is 2.14. The van der Waals surface area contributed by atoms with Gasteiger partial charge in [-0.2, -0.15) is 0 Å². The third kappa shape index (κ3) is 27.5. The zero-order valence-corrected chi connectivity index (χ0v) is 22.4. The van der Waals surface area contributed by atoms with Crippen LogP contribution in [0.25, 0.3) is 0 Å². The number of esters is 1. The van der Waals surface area contributed by atoms with Gasteiger partial charge in [-0.1, -0.05) is 162 Å². The summed E-state index contributed by atoms with van der Waals surface area (Å²) >= 11 is 0. The maximum atomic E-state index is 11.8. The zero-order valence-electron chi connectivity index (χ0n) is 22.4. The minimum atomic E-state index is 0.0241. The average molecular weight is 453 g/mol. The molecule has 2 heteroatoms. The monoisotopic (exact) mass is 452 g/mol. The predicted molar refractivity (Wildman–Crippen MR) is 142 cm³/mol. The molecule has 0 spiro atoms. The summed E-state index contributed by atoms with van der Waals surface area (Å²) in [6, 6.07) is 0. The Balaban J connectivity index is 3.14. The van der Waals surface area contributed by atoms with Crippen molar-refractivity contribution in [2.75, 3.05) is 6.61 Å². The Kier molecular flexibility index (Phi) is 28.0. The molecule has 0 unspecified atom stereocenters. The molecule has 0 rings (SSSR count). The Morgan fingerprint density at radius 3 is 1.03 bits per heavy atom. The van der Waals surface area contributed by atoms with Gasteiger partial charge in [0.1, 0.15) is 0 Å². The lowest BCUT2D eigenvalue weighted by molar-refractivity contribution is -0.143. The Morgan fingerprint density at radius 1 is 0.406 bits per heavy atom. The molecule has 0 atom stereocenters. The Hall–Kier alpha value is -0.530. The summed E-state index contributed by atoms with van der Waals surface area (Å²) in [4.78, 5) is 11.8. The van der Waals surface area contributed by atoms with Gasteiger partial charge in [-0.05, 0) is 12.8 Å². The van der Waals surface area contributed by atoms with Crippen LogP contribution in [-0.4, -0.2) is 12.6 Å². The van der Waals surface area contributed by atoms with E-state index in [0.717, 1.165) is 12.8 Å². The van der Waals surface area contributed by atoms with Crippen molar-refractivity contribution in [3.63, 3.8) is 0 Å². The molecule has 0 aliphatic heterocycles. The molecule has 0 N–H and O–H groups in total. The summed E-state index contributed by atoms with van der Waals surface area (Å²) in [5, 5.41) is 0. The van der Waals surface area contributed by atoms with Crippen LogP contribution in [0.1, 0.15) is 181 Å². The summed E-state index contributed by atoms with van der Waals surface area (Å²) in [7, 11) is 0. The first-order valence-corrected chi connectivity index (χ1v) is 15.0.